The van der Waals surface area contributed by atoms with Crippen molar-refractivity contribution in [1.82, 2.24) is 15.2 Å². The van der Waals surface area contributed by atoms with Gasteiger partial charge in [0, 0.05) is 23.1 Å². The number of aliphatic carboxylic acids is 1. The number of carboxylic acid groups (broad SMARTS) is 1. The topological polar surface area (TPSA) is 151 Å². The molecule has 1 saturated heterocycles. The molecule has 37 heavy (non-hydrogen) atoms. The number of hydrogen-bond acceptors (Lipinski definition) is 10. The summed E-state index contributed by atoms with van der Waals surface area (Å²) in [6, 6.07) is -0.907. The van der Waals surface area contributed by atoms with Crippen LogP contribution in [-0.2, 0) is 38.6 Å². The van der Waals surface area contributed by atoms with Gasteiger partial charge < -0.3 is 21.0 Å². The molecule has 2 aromatic rings. The number of rotatable bonds is 9. The minimum Gasteiger partial charge on any atom is -0.477 e. The second-order valence-electron chi connectivity index (χ2n) is 8.64. The van der Waals surface area contributed by atoms with Crippen molar-refractivity contribution in [2.24, 2.45) is 5.16 Å². The lowest BCUT2D eigenvalue weighted by molar-refractivity contribution is -0.692. The molecule has 4 heterocycles. The molecule has 0 radical (unpaired) electrons. The Bertz CT molecular complexity index is 1330. The fourth-order valence-electron chi connectivity index (χ4n) is 4.59. The molecular weight excluding hydrogens is 536 g/mol. The number of anilines is 1. The van der Waals surface area contributed by atoms with Crippen LogP contribution in [0.25, 0.3) is 0 Å². The summed E-state index contributed by atoms with van der Waals surface area (Å²) in [5.41, 5.74) is 9.77. The van der Waals surface area contributed by atoms with E-state index in [1.165, 1.54) is 39.7 Å². The van der Waals surface area contributed by atoms with E-state index in [-0.39, 0.29) is 28.8 Å². The van der Waals surface area contributed by atoms with Crippen molar-refractivity contribution in [2.75, 3.05) is 18.1 Å². The van der Waals surface area contributed by atoms with Gasteiger partial charge in [0.1, 0.15) is 29.4 Å². The molecule has 0 bridgehead atoms. The SMILES string of the molecule is C=CCO/N=C(/C(=O)N[C@@H]1C(=O)N2C(C(=O)O)=C(C[n+]3csc4c3CCCC4)CS[C@H]12)c1csc(N)n1. The predicted octanol–water partition coefficient (Wildman–Crippen LogP) is 1.30. The molecule has 1 fully saturated rings. The largest absolute Gasteiger partial charge is 0.477 e. The molecule has 0 saturated carbocycles. The van der Waals surface area contributed by atoms with E-state index < -0.39 is 29.2 Å². The lowest BCUT2D eigenvalue weighted by Gasteiger charge is -2.49. The van der Waals surface area contributed by atoms with E-state index in [4.69, 9.17) is 10.6 Å². The smallest absolute Gasteiger partial charge is 0.352 e. The van der Waals surface area contributed by atoms with E-state index in [1.54, 1.807) is 16.7 Å². The molecule has 14 heteroatoms. The highest BCUT2D eigenvalue weighted by molar-refractivity contribution is 8.00. The highest BCUT2D eigenvalue weighted by Gasteiger charge is 2.55. The first kappa shape index (κ1) is 25.4. The van der Waals surface area contributed by atoms with E-state index >= 15 is 0 Å². The van der Waals surface area contributed by atoms with Crippen LogP contribution in [-0.4, -0.2) is 62.3 Å². The van der Waals surface area contributed by atoms with Crippen molar-refractivity contribution in [3.8, 4) is 0 Å². The van der Waals surface area contributed by atoms with Crippen LogP contribution in [0.1, 0.15) is 29.1 Å². The van der Waals surface area contributed by atoms with Crippen molar-refractivity contribution in [3.63, 3.8) is 0 Å². The zero-order valence-electron chi connectivity index (χ0n) is 19.7. The molecule has 1 aliphatic carbocycles. The zero-order chi connectivity index (χ0) is 26.1. The molecule has 3 aliphatic rings. The van der Waals surface area contributed by atoms with Crippen LogP contribution in [0.5, 0.6) is 0 Å². The molecule has 0 aromatic carbocycles. The summed E-state index contributed by atoms with van der Waals surface area (Å²) in [5, 5.41) is 17.8. The van der Waals surface area contributed by atoms with Gasteiger partial charge in [0.05, 0.1) is 4.88 Å². The number of thiazole rings is 2. The van der Waals surface area contributed by atoms with Crippen molar-refractivity contribution in [3.05, 3.63) is 51.1 Å². The lowest BCUT2D eigenvalue weighted by atomic mass is 10.0. The van der Waals surface area contributed by atoms with Gasteiger partial charge in [-0.1, -0.05) is 29.1 Å². The normalized spacial score (nSPS) is 21.1. The van der Waals surface area contributed by atoms with Crippen LogP contribution in [0.4, 0.5) is 5.13 Å². The Hall–Kier alpha value is -3.23. The molecule has 2 aliphatic heterocycles. The van der Waals surface area contributed by atoms with Gasteiger partial charge in [-0.3, -0.25) is 14.5 Å². The summed E-state index contributed by atoms with van der Waals surface area (Å²) < 4.78 is 2.12. The number of fused-ring (bicyclic) bond motifs is 2. The van der Waals surface area contributed by atoms with Gasteiger partial charge in [0.2, 0.25) is 5.51 Å². The third kappa shape index (κ3) is 4.88. The number of aromatic nitrogens is 2. The Balaban J connectivity index is 1.34. The Morgan fingerprint density at radius 3 is 2.92 bits per heavy atom. The lowest BCUT2D eigenvalue weighted by Crippen LogP contribution is -2.71. The van der Waals surface area contributed by atoms with Crippen LogP contribution in [0.3, 0.4) is 0 Å². The fraction of sp³-hybridized carbons (Fsp3) is 0.391. The predicted molar refractivity (Wildman–Crippen MR) is 140 cm³/mol. The third-order valence-electron chi connectivity index (χ3n) is 6.28. The van der Waals surface area contributed by atoms with E-state index in [1.807, 2.05) is 5.51 Å². The summed E-state index contributed by atoms with van der Waals surface area (Å²) in [7, 11) is 0. The van der Waals surface area contributed by atoms with Gasteiger partial charge in [-0.2, -0.15) is 4.57 Å². The molecular formula is C23H25N6O5S3+. The number of oxime groups is 1. The summed E-state index contributed by atoms with van der Waals surface area (Å²) in [5.74, 6) is -1.87. The second-order valence-corrected chi connectivity index (χ2v) is 11.6. The summed E-state index contributed by atoms with van der Waals surface area (Å²) >= 11 is 4.27. The molecule has 4 N–H and O–H groups in total. The first-order valence-corrected chi connectivity index (χ1v) is 14.4. The summed E-state index contributed by atoms with van der Waals surface area (Å²) in [6.45, 7) is 4.04. The second kappa shape index (κ2) is 10.6. The van der Waals surface area contributed by atoms with Gasteiger partial charge in [0.15, 0.2) is 23.1 Å². The standard InChI is InChI=1S/C23H24N6O5S3/c1-2-7-34-27-16(13-10-36-23(24)25-13)19(30)26-17-20(31)29-18(22(32)33)12(9-35-21(17)29)8-28-11-37-15-6-4-3-5-14(15)28/h2,10-11,17,21H,1,3-9H2,(H3-,24,25,26,30,32,33)/p+1/b27-16+/t17-,21-/m1/s1. The van der Waals surface area contributed by atoms with Crippen molar-refractivity contribution >= 4 is 63.1 Å². The van der Waals surface area contributed by atoms with Crippen LogP contribution >= 0.6 is 34.4 Å². The van der Waals surface area contributed by atoms with Gasteiger partial charge >= 0.3 is 5.97 Å². The molecule has 2 amide bonds. The Labute approximate surface area is 224 Å². The average molecular weight is 562 g/mol. The number of hydrogen-bond donors (Lipinski definition) is 3. The number of carboxylic acids is 1. The summed E-state index contributed by atoms with van der Waals surface area (Å²) in [6.07, 6.45) is 5.80. The number of nitrogens with one attached hydrogen (secondary N) is 1. The van der Waals surface area contributed by atoms with Gasteiger partial charge in [-0.15, -0.1) is 23.1 Å². The van der Waals surface area contributed by atoms with E-state index in [9.17, 15) is 19.5 Å². The van der Waals surface area contributed by atoms with Crippen LogP contribution in [0, 0.1) is 0 Å². The van der Waals surface area contributed by atoms with Crippen molar-refractivity contribution in [1.29, 1.82) is 0 Å². The Morgan fingerprint density at radius 1 is 1.38 bits per heavy atom. The number of nitrogens with zero attached hydrogens (tertiary/aromatic N) is 4. The van der Waals surface area contributed by atoms with Gasteiger partial charge in [-0.05, 0) is 19.3 Å². The first-order chi connectivity index (χ1) is 17.9. The Morgan fingerprint density at radius 2 is 2.19 bits per heavy atom. The highest BCUT2D eigenvalue weighted by Crippen LogP contribution is 2.40. The molecule has 2 aromatic heterocycles. The van der Waals surface area contributed by atoms with Gasteiger partial charge in [-0.25, -0.2) is 9.78 Å². The maximum Gasteiger partial charge on any atom is 0.352 e. The number of carbonyl (C=O) groups excluding carboxylic acids is 2. The average Bonchev–Trinajstić information content (AvgIpc) is 3.50. The fourth-order valence-corrected chi connectivity index (χ4v) is 7.55. The number of aryl methyl sites for hydroxylation is 1. The number of nitrogens with two attached hydrogens (primary N) is 1. The van der Waals surface area contributed by atoms with Crippen LogP contribution in [0.15, 0.2) is 40.0 Å². The van der Waals surface area contributed by atoms with Gasteiger partial charge in [0.25, 0.3) is 11.8 Å². The summed E-state index contributed by atoms with van der Waals surface area (Å²) in [4.78, 5) is 50.3. The minimum absolute atomic E-state index is 0.00186. The molecule has 0 unspecified atom stereocenters. The molecule has 5 rings (SSSR count). The third-order valence-corrected chi connectivity index (χ3v) is 9.38. The maximum atomic E-state index is 13.1. The first-order valence-electron chi connectivity index (χ1n) is 11.6. The van der Waals surface area contributed by atoms with E-state index in [0.717, 1.165) is 30.6 Å². The number of carbonyl (C=O) groups is 3. The van der Waals surface area contributed by atoms with Crippen LogP contribution in [0.2, 0.25) is 0 Å². The number of amides is 2. The zero-order valence-corrected chi connectivity index (χ0v) is 22.2. The maximum absolute atomic E-state index is 13.1. The van der Waals surface area contributed by atoms with Crippen molar-refractivity contribution in [2.45, 2.75) is 43.6 Å². The molecule has 11 nitrogen and oxygen atoms in total. The van der Waals surface area contributed by atoms with E-state index in [0.29, 0.717) is 17.9 Å². The number of β-lactam (4-membered cyclic amide) rings is 1. The Kier molecular flexibility index (Phi) is 7.31. The highest BCUT2D eigenvalue weighted by atomic mass is 32.2. The number of nitrogen functional groups attached to an aromatic ring is 1. The quantitative estimate of drug-likeness (QED) is 0.104. The molecule has 194 valence electrons. The number of thioether (sulfide) groups is 1. The molecule has 2 atom stereocenters. The minimum atomic E-state index is -1.15. The monoisotopic (exact) mass is 561 g/mol. The molecule has 0 spiro atoms. The van der Waals surface area contributed by atoms with E-state index in [2.05, 4.69) is 26.6 Å². The van der Waals surface area contributed by atoms with Crippen LogP contribution < -0.4 is 15.6 Å². The van der Waals surface area contributed by atoms with Crippen molar-refractivity contribution < 1.29 is 28.9 Å².